The van der Waals surface area contributed by atoms with Gasteiger partial charge in [-0.05, 0) is 11.6 Å². The molecule has 0 radical (unpaired) electrons. The van der Waals surface area contributed by atoms with Crippen molar-refractivity contribution in [2.45, 2.75) is 6.61 Å². The van der Waals surface area contributed by atoms with E-state index in [1.165, 1.54) is 0 Å². The number of aliphatic imine (C=N–C) groups is 1. The van der Waals surface area contributed by atoms with Crippen LogP contribution in [-0.4, -0.2) is 21.4 Å². The zero-order chi connectivity index (χ0) is 9.97. The van der Waals surface area contributed by atoms with Crippen molar-refractivity contribution in [3.05, 3.63) is 35.4 Å². The van der Waals surface area contributed by atoms with Gasteiger partial charge in [-0.3, -0.25) is 0 Å². The van der Waals surface area contributed by atoms with Gasteiger partial charge in [-0.15, -0.1) is 0 Å². The van der Waals surface area contributed by atoms with Gasteiger partial charge in [0.05, 0.1) is 18.0 Å². The summed E-state index contributed by atoms with van der Waals surface area (Å²) in [5, 5.41) is 8.94. The number of amidine groups is 1. The minimum atomic E-state index is -1.08. The molecule has 0 saturated heterocycles. The van der Waals surface area contributed by atoms with Crippen LogP contribution in [0.3, 0.4) is 0 Å². The Bertz CT molecular complexity index is 368. The molecule has 0 spiro atoms. The first-order valence-corrected chi connectivity index (χ1v) is 5.51. The third-order valence-electron chi connectivity index (χ3n) is 1.93. The summed E-state index contributed by atoms with van der Waals surface area (Å²) in [6.07, 6.45) is 0. The van der Waals surface area contributed by atoms with E-state index in [9.17, 15) is 4.55 Å². The van der Waals surface area contributed by atoms with Crippen LogP contribution in [-0.2, 0) is 18.0 Å². The van der Waals surface area contributed by atoms with E-state index in [0.29, 0.717) is 11.7 Å². The number of rotatable bonds is 2. The zero-order valence-electron chi connectivity index (χ0n) is 7.43. The molecule has 1 unspecified atom stereocenters. The number of aliphatic hydroxyl groups is 1. The topological polar surface area (TPSA) is 67.7 Å². The lowest BCUT2D eigenvalue weighted by molar-refractivity contribution is 0.282. The Morgan fingerprint density at radius 2 is 2.43 bits per heavy atom. The number of benzene rings is 1. The quantitative estimate of drug-likeness (QED) is 0.683. The van der Waals surface area contributed by atoms with Gasteiger partial charge in [-0.1, -0.05) is 18.2 Å². The monoisotopic (exact) mass is 210 g/mol. The van der Waals surface area contributed by atoms with Crippen LogP contribution in [0, 0.1) is 0 Å². The highest BCUT2D eigenvalue weighted by atomic mass is 32.2. The highest BCUT2D eigenvalue weighted by molar-refractivity contribution is 7.90. The van der Waals surface area contributed by atoms with E-state index < -0.39 is 11.4 Å². The van der Waals surface area contributed by atoms with Gasteiger partial charge in [0.15, 0.2) is 5.84 Å². The first kappa shape index (κ1) is 9.51. The van der Waals surface area contributed by atoms with Crippen molar-refractivity contribution in [1.29, 1.82) is 0 Å². The molecule has 1 aromatic carbocycles. The average Bonchev–Trinajstić information content (AvgIpc) is 2.65. The minimum absolute atomic E-state index is 0.00418. The second kappa shape index (κ2) is 4.00. The van der Waals surface area contributed by atoms with Crippen LogP contribution >= 0.6 is 0 Å². The van der Waals surface area contributed by atoms with Crippen molar-refractivity contribution in [3.8, 4) is 0 Å². The van der Waals surface area contributed by atoms with Crippen molar-refractivity contribution in [1.82, 2.24) is 4.72 Å². The van der Waals surface area contributed by atoms with E-state index in [1.807, 2.05) is 24.3 Å². The number of hydrogen-bond acceptors (Lipinski definition) is 4. The van der Waals surface area contributed by atoms with E-state index in [1.54, 1.807) is 0 Å². The van der Waals surface area contributed by atoms with Crippen LogP contribution in [0.2, 0.25) is 0 Å². The smallest absolute Gasteiger partial charge is 0.222 e. The molecule has 14 heavy (non-hydrogen) atoms. The van der Waals surface area contributed by atoms with Crippen LogP contribution in [0.15, 0.2) is 29.3 Å². The molecule has 74 valence electrons. The second-order valence-corrected chi connectivity index (χ2v) is 4.10. The molecule has 4 nitrogen and oxygen atoms in total. The van der Waals surface area contributed by atoms with Crippen LogP contribution in [0.1, 0.15) is 11.1 Å². The first-order chi connectivity index (χ1) is 6.79. The third kappa shape index (κ3) is 1.89. The average molecular weight is 210 g/mol. The molecule has 1 aromatic rings. The molecule has 0 fully saturated rings. The summed E-state index contributed by atoms with van der Waals surface area (Å²) >= 11 is -1.08. The fourth-order valence-electron chi connectivity index (χ4n) is 1.26. The van der Waals surface area contributed by atoms with Crippen LogP contribution in [0.4, 0.5) is 0 Å². The summed E-state index contributed by atoms with van der Waals surface area (Å²) in [5.41, 5.74) is 1.69. The maximum Gasteiger partial charge on any atom is 0.222 e. The molecule has 0 bridgehead atoms. The van der Waals surface area contributed by atoms with Crippen molar-refractivity contribution in [3.63, 3.8) is 0 Å². The minimum Gasteiger partial charge on any atom is -0.591 e. The third-order valence-corrected chi connectivity index (χ3v) is 2.72. The zero-order valence-corrected chi connectivity index (χ0v) is 8.25. The Hall–Kier alpha value is -1.04. The number of nitrogens with one attached hydrogen (secondary N) is 1. The molecular formula is C9H10N2O2S. The SMILES string of the molecule is [O-][S+]1CN=C(c2cccc(CO)c2)N1. The van der Waals surface area contributed by atoms with Crippen LogP contribution in [0.25, 0.3) is 0 Å². The Kier molecular flexibility index (Phi) is 2.72. The van der Waals surface area contributed by atoms with Crippen molar-refractivity contribution < 1.29 is 9.66 Å². The fraction of sp³-hybridized carbons (Fsp3) is 0.222. The maximum atomic E-state index is 11.0. The number of hydrogen-bond donors (Lipinski definition) is 2. The summed E-state index contributed by atoms with van der Waals surface area (Å²) in [4.78, 5) is 4.09. The molecule has 1 aliphatic rings. The maximum absolute atomic E-state index is 11.0. The van der Waals surface area contributed by atoms with Gasteiger partial charge in [0.2, 0.25) is 5.88 Å². The normalized spacial score (nSPS) is 20.4. The highest BCUT2D eigenvalue weighted by Crippen LogP contribution is 2.09. The molecule has 5 heteroatoms. The lowest BCUT2D eigenvalue weighted by atomic mass is 10.1. The number of nitrogens with zero attached hydrogens (tertiary/aromatic N) is 1. The van der Waals surface area contributed by atoms with E-state index in [0.717, 1.165) is 11.1 Å². The molecule has 0 aromatic heterocycles. The molecule has 2 N–H and O–H groups in total. The summed E-state index contributed by atoms with van der Waals surface area (Å²) in [6.45, 7) is 0.00418. The summed E-state index contributed by atoms with van der Waals surface area (Å²) in [6, 6.07) is 7.37. The van der Waals surface area contributed by atoms with Gasteiger partial charge in [0.1, 0.15) is 0 Å². The predicted molar refractivity (Wildman–Crippen MR) is 55.0 cm³/mol. The Balaban J connectivity index is 2.24. The Morgan fingerprint density at radius 3 is 3.07 bits per heavy atom. The van der Waals surface area contributed by atoms with Gasteiger partial charge in [-0.25, -0.2) is 4.99 Å². The van der Waals surface area contributed by atoms with Gasteiger partial charge in [0, 0.05) is 5.56 Å². The van der Waals surface area contributed by atoms with Crippen molar-refractivity contribution in [2.24, 2.45) is 4.99 Å². The van der Waals surface area contributed by atoms with E-state index >= 15 is 0 Å². The molecule has 0 amide bonds. The first-order valence-electron chi connectivity index (χ1n) is 4.19. The van der Waals surface area contributed by atoms with Crippen molar-refractivity contribution >= 4 is 17.2 Å². The molecule has 0 aliphatic carbocycles. The van der Waals surface area contributed by atoms with Gasteiger partial charge < -0.3 is 9.66 Å². The summed E-state index contributed by atoms with van der Waals surface area (Å²) < 4.78 is 13.8. The number of aliphatic hydroxyl groups excluding tert-OH is 1. The van der Waals surface area contributed by atoms with E-state index in [4.69, 9.17) is 5.11 Å². The van der Waals surface area contributed by atoms with Gasteiger partial charge in [0.25, 0.3) is 0 Å². The van der Waals surface area contributed by atoms with Crippen LogP contribution < -0.4 is 4.72 Å². The highest BCUT2D eigenvalue weighted by Gasteiger charge is 2.18. The van der Waals surface area contributed by atoms with E-state index in [-0.39, 0.29) is 6.61 Å². The van der Waals surface area contributed by atoms with Crippen molar-refractivity contribution in [2.75, 3.05) is 5.88 Å². The Morgan fingerprint density at radius 1 is 1.57 bits per heavy atom. The molecule has 1 atom stereocenters. The van der Waals surface area contributed by atoms with Crippen LogP contribution in [0.5, 0.6) is 0 Å². The summed E-state index contributed by atoms with van der Waals surface area (Å²) in [5.74, 6) is 0.942. The fourth-order valence-corrected chi connectivity index (χ4v) is 1.97. The molecule has 1 aliphatic heterocycles. The molecular weight excluding hydrogens is 200 g/mol. The standard InChI is InChI=1S/C9H10N2O2S/c12-5-7-2-1-3-8(4-7)9-10-6-14(13)11-9/h1-4,12H,5-6H2,(H,10,11). The van der Waals surface area contributed by atoms with Gasteiger partial charge in [-0.2, -0.15) is 4.72 Å². The van der Waals surface area contributed by atoms with Gasteiger partial charge >= 0.3 is 0 Å². The lowest BCUT2D eigenvalue weighted by Gasteiger charge is -2.04. The second-order valence-electron chi connectivity index (χ2n) is 2.94. The predicted octanol–water partition coefficient (Wildman–Crippen LogP) is 0.150. The molecule has 1 heterocycles. The van der Waals surface area contributed by atoms with E-state index in [2.05, 4.69) is 9.71 Å². The summed E-state index contributed by atoms with van der Waals surface area (Å²) in [7, 11) is 0. The lowest BCUT2D eigenvalue weighted by Crippen LogP contribution is -2.25. The molecule has 0 saturated carbocycles. The molecule has 2 rings (SSSR count). The largest absolute Gasteiger partial charge is 0.591 e. The Labute approximate surface area is 85.0 Å².